The molecule has 2 bridgehead atoms. The minimum atomic E-state index is -0.531. The molecule has 7 atom stereocenters. The van der Waals surface area contributed by atoms with Crippen LogP contribution < -0.4 is 0 Å². The normalized spacial score (nSPS) is 37.1. The fourth-order valence-electron chi connectivity index (χ4n) is 5.58. The van der Waals surface area contributed by atoms with Crippen molar-refractivity contribution in [3.8, 4) is 0 Å². The zero-order chi connectivity index (χ0) is 18.7. The molecule has 1 saturated heterocycles. The molecule has 4 nitrogen and oxygen atoms in total. The van der Waals surface area contributed by atoms with Crippen LogP contribution in [0.1, 0.15) is 67.7 Å². The fourth-order valence-corrected chi connectivity index (χ4v) is 5.58. The number of ether oxygens (including phenoxy) is 2. The molecule has 25 heavy (non-hydrogen) atoms. The van der Waals surface area contributed by atoms with Crippen LogP contribution in [0.15, 0.2) is 0 Å². The van der Waals surface area contributed by atoms with Gasteiger partial charge in [-0.05, 0) is 43.4 Å². The predicted octanol–water partition coefficient (Wildman–Crippen LogP) is 4.21. The molecule has 0 radical (unpaired) electrons. The fraction of sp³-hybridized carbons (Fsp3) is 0.905. The van der Waals surface area contributed by atoms with Gasteiger partial charge in [0.1, 0.15) is 12.2 Å². The van der Waals surface area contributed by atoms with Gasteiger partial charge in [-0.3, -0.25) is 9.59 Å². The summed E-state index contributed by atoms with van der Waals surface area (Å²) >= 11 is 0. The van der Waals surface area contributed by atoms with Gasteiger partial charge < -0.3 is 9.47 Å². The van der Waals surface area contributed by atoms with E-state index >= 15 is 0 Å². The number of hydrogen-bond donors (Lipinski definition) is 0. The Morgan fingerprint density at radius 2 is 1.84 bits per heavy atom. The van der Waals surface area contributed by atoms with E-state index in [4.69, 9.17) is 9.47 Å². The van der Waals surface area contributed by atoms with Crippen LogP contribution in [-0.2, 0) is 19.1 Å². The third-order valence-electron chi connectivity index (χ3n) is 7.03. The van der Waals surface area contributed by atoms with Crippen molar-refractivity contribution < 1.29 is 19.1 Å². The first-order valence-corrected chi connectivity index (χ1v) is 9.85. The highest BCUT2D eigenvalue weighted by Gasteiger charge is 2.63. The van der Waals surface area contributed by atoms with Crippen LogP contribution in [-0.4, -0.2) is 24.1 Å². The molecule has 0 aromatic heterocycles. The molecule has 7 unspecified atom stereocenters. The Balaban J connectivity index is 1.78. The quantitative estimate of drug-likeness (QED) is 0.697. The van der Waals surface area contributed by atoms with Crippen molar-refractivity contribution >= 4 is 11.9 Å². The molecule has 0 amide bonds. The molecule has 2 aliphatic carbocycles. The molecule has 0 spiro atoms. The Hall–Kier alpha value is -1.06. The molecule has 3 aliphatic rings. The third kappa shape index (κ3) is 3.10. The largest absolute Gasteiger partial charge is 0.458 e. The number of esters is 2. The first-order valence-electron chi connectivity index (χ1n) is 9.85. The molecule has 2 saturated carbocycles. The van der Waals surface area contributed by atoms with Crippen molar-refractivity contribution in [3.05, 3.63) is 0 Å². The highest BCUT2D eigenvalue weighted by molar-refractivity contribution is 5.79. The summed E-state index contributed by atoms with van der Waals surface area (Å²) in [5, 5.41) is 0. The molecule has 3 rings (SSSR count). The van der Waals surface area contributed by atoms with Crippen molar-refractivity contribution in [1.82, 2.24) is 0 Å². The average molecular weight is 350 g/mol. The number of hydrogen-bond acceptors (Lipinski definition) is 4. The standard InChI is InChI=1S/C21H34O4/c1-11(2)12(3)21(7,10-20(4,5)6)19(23)25-16-13-8-14-15(9-13)18(22)24-17(14)16/h11-17H,8-10H2,1-7H3. The molecule has 0 aromatic carbocycles. The Morgan fingerprint density at radius 3 is 2.40 bits per heavy atom. The Labute approximate surface area is 152 Å². The smallest absolute Gasteiger partial charge is 0.312 e. The number of carbonyl (C=O) groups is 2. The first kappa shape index (κ1) is 18.7. The summed E-state index contributed by atoms with van der Waals surface area (Å²) in [4.78, 5) is 25.3. The maximum absolute atomic E-state index is 13.3. The minimum absolute atomic E-state index is 0.0382. The van der Waals surface area contributed by atoms with Gasteiger partial charge >= 0.3 is 11.9 Å². The molecule has 4 heteroatoms. The van der Waals surface area contributed by atoms with Gasteiger partial charge in [-0.25, -0.2) is 0 Å². The highest BCUT2D eigenvalue weighted by atomic mass is 16.6. The summed E-state index contributed by atoms with van der Waals surface area (Å²) in [5.74, 6) is 1.05. The number of rotatable bonds is 5. The van der Waals surface area contributed by atoms with Crippen molar-refractivity contribution in [1.29, 1.82) is 0 Å². The first-order chi connectivity index (χ1) is 11.4. The van der Waals surface area contributed by atoms with E-state index in [-0.39, 0.29) is 47.3 Å². The molecule has 1 heterocycles. The van der Waals surface area contributed by atoms with Gasteiger partial charge in [-0.15, -0.1) is 0 Å². The zero-order valence-electron chi connectivity index (χ0n) is 16.8. The summed E-state index contributed by atoms with van der Waals surface area (Å²) in [6.45, 7) is 15.1. The van der Waals surface area contributed by atoms with Gasteiger partial charge in [-0.2, -0.15) is 0 Å². The van der Waals surface area contributed by atoms with Crippen LogP contribution in [0.5, 0.6) is 0 Å². The lowest BCUT2D eigenvalue weighted by Gasteiger charge is -2.41. The lowest BCUT2D eigenvalue weighted by Crippen LogP contribution is -2.45. The Morgan fingerprint density at radius 1 is 1.20 bits per heavy atom. The van der Waals surface area contributed by atoms with E-state index in [9.17, 15) is 9.59 Å². The third-order valence-corrected chi connectivity index (χ3v) is 7.03. The van der Waals surface area contributed by atoms with Crippen molar-refractivity contribution in [3.63, 3.8) is 0 Å². The molecular formula is C21H34O4. The van der Waals surface area contributed by atoms with Crippen molar-refractivity contribution in [2.24, 2.45) is 40.4 Å². The second kappa shape index (κ2) is 5.99. The molecular weight excluding hydrogens is 316 g/mol. The van der Waals surface area contributed by atoms with Gasteiger partial charge in [0.15, 0.2) is 0 Å². The summed E-state index contributed by atoms with van der Waals surface area (Å²) in [6, 6.07) is 0. The van der Waals surface area contributed by atoms with Gasteiger partial charge in [-0.1, -0.05) is 41.5 Å². The SMILES string of the molecule is CC(C)C(C)C(C)(CC(C)(C)C)C(=O)OC1C2CC3C(=O)OC1C3C2. The lowest BCUT2D eigenvalue weighted by atomic mass is 9.65. The molecule has 0 aromatic rings. The van der Waals surface area contributed by atoms with Gasteiger partial charge in [0, 0.05) is 11.8 Å². The van der Waals surface area contributed by atoms with Crippen LogP contribution in [0.3, 0.4) is 0 Å². The monoisotopic (exact) mass is 350 g/mol. The Kier molecular flexibility index (Phi) is 4.49. The van der Waals surface area contributed by atoms with Crippen LogP contribution in [0.2, 0.25) is 0 Å². The van der Waals surface area contributed by atoms with Gasteiger partial charge in [0.25, 0.3) is 0 Å². The van der Waals surface area contributed by atoms with E-state index in [1.54, 1.807) is 0 Å². The zero-order valence-corrected chi connectivity index (χ0v) is 16.8. The average Bonchev–Trinajstić information content (AvgIpc) is 3.09. The highest BCUT2D eigenvalue weighted by Crippen LogP contribution is 2.56. The minimum Gasteiger partial charge on any atom is -0.458 e. The van der Waals surface area contributed by atoms with Crippen molar-refractivity contribution in [2.45, 2.75) is 79.9 Å². The predicted molar refractivity (Wildman–Crippen MR) is 95.6 cm³/mol. The maximum Gasteiger partial charge on any atom is 0.312 e. The maximum atomic E-state index is 13.3. The van der Waals surface area contributed by atoms with E-state index in [2.05, 4.69) is 48.5 Å². The summed E-state index contributed by atoms with van der Waals surface area (Å²) < 4.78 is 11.6. The summed E-state index contributed by atoms with van der Waals surface area (Å²) in [6.07, 6.45) is 2.14. The molecule has 1 aliphatic heterocycles. The summed E-state index contributed by atoms with van der Waals surface area (Å²) in [7, 11) is 0. The second-order valence-corrected chi connectivity index (χ2v) is 10.5. The van der Waals surface area contributed by atoms with E-state index in [0.717, 1.165) is 19.3 Å². The van der Waals surface area contributed by atoms with E-state index in [1.165, 1.54) is 0 Å². The second-order valence-electron chi connectivity index (χ2n) is 10.5. The van der Waals surface area contributed by atoms with Crippen LogP contribution in [0.25, 0.3) is 0 Å². The lowest BCUT2D eigenvalue weighted by molar-refractivity contribution is -0.177. The molecule has 142 valence electrons. The van der Waals surface area contributed by atoms with Crippen LogP contribution in [0, 0.1) is 40.4 Å². The number of carbonyl (C=O) groups excluding carboxylic acids is 2. The van der Waals surface area contributed by atoms with E-state index in [1.807, 2.05) is 0 Å². The topological polar surface area (TPSA) is 52.6 Å². The van der Waals surface area contributed by atoms with Crippen LogP contribution >= 0.6 is 0 Å². The van der Waals surface area contributed by atoms with Gasteiger partial charge in [0.2, 0.25) is 0 Å². The number of fused-ring (bicyclic) bond motifs is 1. The molecule has 0 N–H and O–H groups in total. The Bertz CT molecular complexity index is 561. The molecule has 3 fully saturated rings. The summed E-state index contributed by atoms with van der Waals surface area (Å²) in [5.41, 5.74) is -0.493. The van der Waals surface area contributed by atoms with E-state index < -0.39 is 5.41 Å². The van der Waals surface area contributed by atoms with Gasteiger partial charge in [0.05, 0.1) is 11.3 Å². The van der Waals surface area contributed by atoms with E-state index in [0.29, 0.717) is 11.8 Å². The van der Waals surface area contributed by atoms with Crippen molar-refractivity contribution in [2.75, 3.05) is 0 Å². The van der Waals surface area contributed by atoms with Crippen LogP contribution in [0.4, 0.5) is 0 Å².